The molecule has 0 bridgehead atoms. The van der Waals surface area contributed by atoms with Gasteiger partial charge in [-0.2, -0.15) is 0 Å². The smallest absolute Gasteiger partial charge is 0.138 e. The van der Waals surface area contributed by atoms with Crippen LogP contribution in [-0.2, 0) is 11.3 Å². The highest BCUT2D eigenvalue weighted by molar-refractivity contribution is 7.10. The van der Waals surface area contributed by atoms with Crippen LogP contribution in [0.4, 0.5) is 0 Å². The fraction of sp³-hybridized carbons (Fsp3) is 0.778. The Balaban J connectivity index is 1.96. The van der Waals surface area contributed by atoms with Crippen molar-refractivity contribution < 1.29 is 4.74 Å². The molecule has 1 aliphatic heterocycles. The van der Waals surface area contributed by atoms with E-state index in [0.29, 0.717) is 4.34 Å². The molecule has 0 aromatic carbocycles. The summed E-state index contributed by atoms with van der Waals surface area (Å²) < 4.78 is 10.1. The predicted octanol–water partition coefficient (Wildman–Crippen LogP) is 1.80. The Morgan fingerprint density at radius 2 is 2.53 bits per heavy atom. The molecule has 0 spiro atoms. The number of rotatable bonds is 2. The van der Waals surface area contributed by atoms with Gasteiger partial charge in [-0.05, 0) is 13.3 Å². The zero-order chi connectivity index (χ0) is 10.7. The van der Waals surface area contributed by atoms with E-state index in [9.17, 15) is 0 Å². The molecule has 0 N–H and O–H groups in total. The number of nitrogens with zero attached hydrogens (tertiary/aromatic N) is 3. The molecule has 1 unspecified atom stereocenters. The lowest BCUT2D eigenvalue weighted by molar-refractivity contribution is 0.0666. The average molecular weight is 248 g/mol. The van der Waals surface area contributed by atoms with Crippen LogP contribution in [0.5, 0.6) is 0 Å². The number of hydrogen-bond acceptors (Lipinski definition) is 5. The highest BCUT2D eigenvalue weighted by atomic mass is 35.5. The van der Waals surface area contributed by atoms with Crippen LogP contribution in [0.25, 0.3) is 0 Å². The van der Waals surface area contributed by atoms with Gasteiger partial charge in [0.2, 0.25) is 0 Å². The van der Waals surface area contributed by atoms with Gasteiger partial charge in [0.25, 0.3) is 0 Å². The van der Waals surface area contributed by atoms with Crippen molar-refractivity contribution >= 4 is 23.1 Å². The molecule has 4 nitrogen and oxygen atoms in total. The maximum atomic E-state index is 5.97. The minimum Gasteiger partial charge on any atom is -0.377 e. The van der Waals surface area contributed by atoms with E-state index >= 15 is 0 Å². The topological polar surface area (TPSA) is 38.2 Å². The molecule has 84 valence electrons. The summed E-state index contributed by atoms with van der Waals surface area (Å²) in [5.41, 5.74) is 0.885. The van der Waals surface area contributed by atoms with Crippen molar-refractivity contribution in [3.63, 3.8) is 0 Å². The number of halogens is 1. The fourth-order valence-electron chi connectivity index (χ4n) is 1.73. The lowest BCUT2D eigenvalue weighted by Gasteiger charge is -2.20. The van der Waals surface area contributed by atoms with Crippen LogP contribution >= 0.6 is 23.1 Å². The first kappa shape index (κ1) is 11.3. The van der Waals surface area contributed by atoms with Crippen LogP contribution in [0, 0.1) is 0 Å². The Morgan fingerprint density at radius 3 is 3.27 bits per heavy atom. The molecule has 1 fully saturated rings. The first-order valence-corrected chi connectivity index (χ1v) is 6.21. The molecule has 0 aliphatic carbocycles. The van der Waals surface area contributed by atoms with E-state index in [1.807, 2.05) is 0 Å². The summed E-state index contributed by atoms with van der Waals surface area (Å²) >= 11 is 7.22. The lowest BCUT2D eigenvalue weighted by atomic mass is 10.3. The zero-order valence-corrected chi connectivity index (χ0v) is 10.2. The SMILES string of the molecule is CC1CN(Cc2nnsc2Cl)CCCO1. The van der Waals surface area contributed by atoms with Crippen LogP contribution < -0.4 is 0 Å². The van der Waals surface area contributed by atoms with Gasteiger partial charge in [0.05, 0.1) is 6.10 Å². The molecule has 0 saturated carbocycles. The highest BCUT2D eigenvalue weighted by Crippen LogP contribution is 2.19. The van der Waals surface area contributed by atoms with Crippen molar-refractivity contribution in [1.82, 2.24) is 14.5 Å². The van der Waals surface area contributed by atoms with Crippen LogP contribution in [0.2, 0.25) is 4.34 Å². The Kier molecular flexibility index (Phi) is 3.91. The molecule has 1 atom stereocenters. The summed E-state index contributed by atoms with van der Waals surface area (Å²) in [6.45, 7) is 5.70. The minimum atomic E-state index is 0.290. The van der Waals surface area contributed by atoms with E-state index in [1.54, 1.807) is 0 Å². The maximum absolute atomic E-state index is 5.97. The van der Waals surface area contributed by atoms with E-state index < -0.39 is 0 Å². The highest BCUT2D eigenvalue weighted by Gasteiger charge is 2.17. The molecule has 6 heteroatoms. The molecule has 1 aromatic rings. The van der Waals surface area contributed by atoms with Crippen LogP contribution in [0.3, 0.4) is 0 Å². The van der Waals surface area contributed by atoms with Gasteiger partial charge in [-0.15, -0.1) is 5.10 Å². The molecule has 0 radical (unpaired) electrons. The number of ether oxygens (including phenoxy) is 1. The van der Waals surface area contributed by atoms with E-state index in [2.05, 4.69) is 21.4 Å². The molecule has 1 saturated heterocycles. The molecule has 15 heavy (non-hydrogen) atoms. The third-order valence-electron chi connectivity index (χ3n) is 2.42. The van der Waals surface area contributed by atoms with Crippen molar-refractivity contribution in [3.8, 4) is 0 Å². The summed E-state index contributed by atoms with van der Waals surface area (Å²) in [5.74, 6) is 0. The van der Waals surface area contributed by atoms with Gasteiger partial charge < -0.3 is 4.74 Å². The van der Waals surface area contributed by atoms with Crippen molar-refractivity contribution in [1.29, 1.82) is 0 Å². The predicted molar refractivity (Wildman–Crippen MR) is 60.2 cm³/mol. The first-order valence-electron chi connectivity index (χ1n) is 5.06. The number of aromatic nitrogens is 2. The second-order valence-corrected chi connectivity index (χ2v) is 5.12. The summed E-state index contributed by atoms with van der Waals surface area (Å²) in [6, 6.07) is 0. The largest absolute Gasteiger partial charge is 0.377 e. The molecular formula is C9H14ClN3OS. The van der Waals surface area contributed by atoms with E-state index in [4.69, 9.17) is 16.3 Å². The van der Waals surface area contributed by atoms with Gasteiger partial charge in [0.1, 0.15) is 10.0 Å². The van der Waals surface area contributed by atoms with E-state index in [-0.39, 0.29) is 6.10 Å². The van der Waals surface area contributed by atoms with Gasteiger partial charge in [-0.25, -0.2) is 0 Å². The standard InChI is InChI=1S/C9H14ClN3OS/c1-7-5-13(3-2-4-14-7)6-8-9(10)15-12-11-8/h7H,2-6H2,1H3. The Morgan fingerprint density at radius 1 is 1.67 bits per heavy atom. The minimum absolute atomic E-state index is 0.290. The summed E-state index contributed by atoms with van der Waals surface area (Å²) in [5, 5.41) is 4.02. The second kappa shape index (κ2) is 5.21. The summed E-state index contributed by atoms with van der Waals surface area (Å²) in [7, 11) is 0. The molecule has 1 aromatic heterocycles. The molecule has 2 heterocycles. The van der Waals surface area contributed by atoms with Gasteiger partial charge in [-0.3, -0.25) is 4.90 Å². The lowest BCUT2D eigenvalue weighted by Crippen LogP contribution is -2.30. The van der Waals surface area contributed by atoms with Gasteiger partial charge in [0.15, 0.2) is 0 Å². The first-order chi connectivity index (χ1) is 7.25. The Labute approximate surface area is 98.3 Å². The normalized spacial score (nSPS) is 24.0. The van der Waals surface area contributed by atoms with Crippen molar-refractivity contribution in [2.45, 2.75) is 26.0 Å². The van der Waals surface area contributed by atoms with Gasteiger partial charge >= 0.3 is 0 Å². The second-order valence-electron chi connectivity index (χ2n) is 3.76. The van der Waals surface area contributed by atoms with E-state index in [1.165, 1.54) is 11.5 Å². The van der Waals surface area contributed by atoms with Crippen molar-refractivity contribution in [2.24, 2.45) is 0 Å². The Hall–Kier alpha value is -0.230. The molecule has 1 aliphatic rings. The zero-order valence-electron chi connectivity index (χ0n) is 8.65. The number of hydrogen-bond donors (Lipinski definition) is 0. The average Bonchev–Trinajstić information content (AvgIpc) is 2.48. The third kappa shape index (κ3) is 3.11. The fourth-order valence-corrected chi connectivity index (χ4v) is 2.34. The van der Waals surface area contributed by atoms with Crippen molar-refractivity contribution in [2.75, 3.05) is 19.7 Å². The third-order valence-corrected chi connectivity index (χ3v) is 3.40. The summed E-state index contributed by atoms with van der Waals surface area (Å²) in [6.07, 6.45) is 1.36. The molecular weight excluding hydrogens is 234 g/mol. The molecule has 0 amide bonds. The maximum Gasteiger partial charge on any atom is 0.138 e. The van der Waals surface area contributed by atoms with E-state index in [0.717, 1.165) is 38.4 Å². The monoisotopic (exact) mass is 247 g/mol. The van der Waals surface area contributed by atoms with Gasteiger partial charge in [0, 0.05) is 37.8 Å². The Bertz CT molecular complexity index is 320. The quantitative estimate of drug-likeness (QED) is 0.799. The molecule has 2 rings (SSSR count). The van der Waals surface area contributed by atoms with Gasteiger partial charge in [-0.1, -0.05) is 16.1 Å². The van der Waals surface area contributed by atoms with Crippen molar-refractivity contribution in [3.05, 3.63) is 10.0 Å². The van der Waals surface area contributed by atoms with Crippen LogP contribution in [0.1, 0.15) is 19.0 Å². The summed E-state index contributed by atoms with van der Waals surface area (Å²) in [4.78, 5) is 2.32. The van der Waals surface area contributed by atoms with Crippen LogP contribution in [0.15, 0.2) is 0 Å². The van der Waals surface area contributed by atoms with Crippen LogP contribution in [-0.4, -0.2) is 40.3 Å².